The number of carboxylic acid groups (broad SMARTS) is 1. The van der Waals surface area contributed by atoms with Crippen molar-refractivity contribution in [1.82, 2.24) is 0 Å². The lowest BCUT2D eigenvalue weighted by molar-refractivity contribution is -0.254. The van der Waals surface area contributed by atoms with Crippen molar-refractivity contribution in [2.45, 2.75) is 6.92 Å². The van der Waals surface area contributed by atoms with Gasteiger partial charge in [0.05, 0.1) is 38.0 Å². The zero-order valence-electron chi connectivity index (χ0n) is 14.1. The molecule has 0 aliphatic carbocycles. The molecule has 25 heavy (non-hydrogen) atoms. The molecule has 2 aromatic rings. The van der Waals surface area contributed by atoms with Gasteiger partial charge in [0.25, 0.3) is 5.91 Å². The Bertz CT molecular complexity index is 787. The second-order valence-electron chi connectivity index (χ2n) is 4.92. The molecule has 0 spiro atoms. The lowest BCUT2D eigenvalue weighted by atomic mass is 10.1. The Morgan fingerprint density at radius 3 is 2.24 bits per heavy atom. The average Bonchev–Trinajstić information content (AvgIpc) is 2.61. The lowest BCUT2D eigenvalue weighted by Gasteiger charge is -2.17. The molecule has 0 aliphatic heterocycles. The molecule has 1 amide bonds. The average molecular weight is 344 g/mol. The molecule has 0 aromatic heterocycles. The van der Waals surface area contributed by atoms with Crippen molar-refractivity contribution in [1.29, 1.82) is 0 Å². The number of carboxylic acids is 1. The monoisotopic (exact) mass is 344 g/mol. The van der Waals surface area contributed by atoms with Crippen LogP contribution in [0.1, 0.15) is 27.6 Å². The summed E-state index contributed by atoms with van der Waals surface area (Å²) in [5.41, 5.74) is 0.0947. The second kappa shape index (κ2) is 8.05. The Morgan fingerprint density at radius 2 is 1.64 bits per heavy atom. The van der Waals surface area contributed by atoms with Crippen LogP contribution in [0.25, 0.3) is 0 Å². The first-order chi connectivity index (χ1) is 12.0. The van der Waals surface area contributed by atoms with Crippen LogP contribution in [0.15, 0.2) is 36.4 Å². The molecule has 0 fully saturated rings. The topological polar surface area (TPSA) is 96.9 Å². The van der Waals surface area contributed by atoms with Gasteiger partial charge in [0.1, 0.15) is 5.75 Å². The molecule has 0 heterocycles. The number of carbonyl (C=O) groups is 2. The van der Waals surface area contributed by atoms with Gasteiger partial charge in [-0.2, -0.15) is 0 Å². The maximum absolute atomic E-state index is 12.6. The van der Waals surface area contributed by atoms with Gasteiger partial charge < -0.3 is 29.4 Å². The fourth-order valence-corrected chi connectivity index (χ4v) is 2.28. The Labute approximate surface area is 145 Å². The number of nitrogens with one attached hydrogen (secondary N) is 1. The molecule has 0 saturated carbocycles. The van der Waals surface area contributed by atoms with Gasteiger partial charge in [-0.1, -0.05) is 12.1 Å². The summed E-state index contributed by atoms with van der Waals surface area (Å²) in [6.45, 7) is 2.20. The highest BCUT2D eigenvalue weighted by Crippen LogP contribution is 2.33. The number of rotatable bonds is 7. The Hall–Kier alpha value is -3.22. The van der Waals surface area contributed by atoms with E-state index < -0.39 is 11.9 Å². The standard InChI is InChI=1S/C18H19NO6/c1-4-25-14-8-6-5-7-11(14)17(20)19-13-10-16(24-3)15(23-2)9-12(13)18(21)22/h5-10H,4H2,1-3H3,(H,19,20)(H,21,22)/p-1. The number of hydrogen-bond donors (Lipinski definition) is 1. The van der Waals surface area contributed by atoms with Crippen molar-refractivity contribution in [2.75, 3.05) is 26.1 Å². The summed E-state index contributed by atoms with van der Waals surface area (Å²) < 4.78 is 15.6. The van der Waals surface area contributed by atoms with E-state index in [1.807, 2.05) is 0 Å². The van der Waals surface area contributed by atoms with Crippen LogP contribution in [0.2, 0.25) is 0 Å². The number of para-hydroxylation sites is 1. The van der Waals surface area contributed by atoms with Crippen LogP contribution in [-0.4, -0.2) is 32.7 Å². The molecule has 2 aromatic carbocycles. The van der Waals surface area contributed by atoms with Gasteiger partial charge in [-0.3, -0.25) is 4.79 Å². The smallest absolute Gasteiger partial charge is 0.259 e. The number of amides is 1. The van der Waals surface area contributed by atoms with Crippen molar-refractivity contribution >= 4 is 17.6 Å². The lowest BCUT2D eigenvalue weighted by Crippen LogP contribution is -2.25. The van der Waals surface area contributed by atoms with Crippen molar-refractivity contribution in [3.8, 4) is 17.2 Å². The first-order valence-corrected chi connectivity index (χ1v) is 7.52. The van der Waals surface area contributed by atoms with Gasteiger partial charge in [0, 0.05) is 11.6 Å². The number of benzene rings is 2. The quantitative estimate of drug-likeness (QED) is 0.821. The van der Waals surface area contributed by atoms with Crippen molar-refractivity contribution in [2.24, 2.45) is 0 Å². The molecule has 2 rings (SSSR count). The van der Waals surface area contributed by atoms with Gasteiger partial charge >= 0.3 is 0 Å². The van der Waals surface area contributed by atoms with Crippen LogP contribution >= 0.6 is 0 Å². The van der Waals surface area contributed by atoms with Crippen molar-refractivity contribution in [3.05, 3.63) is 47.5 Å². The predicted octanol–water partition coefficient (Wildman–Crippen LogP) is 1.72. The van der Waals surface area contributed by atoms with E-state index in [1.165, 1.54) is 26.4 Å². The third kappa shape index (κ3) is 4.00. The largest absolute Gasteiger partial charge is 0.545 e. The SMILES string of the molecule is CCOc1ccccc1C(=O)Nc1cc(OC)c(OC)cc1C(=O)[O-]. The maximum atomic E-state index is 12.6. The number of anilines is 1. The summed E-state index contributed by atoms with van der Waals surface area (Å²) >= 11 is 0. The number of hydrogen-bond acceptors (Lipinski definition) is 6. The van der Waals surface area contributed by atoms with Crippen LogP contribution in [0.5, 0.6) is 17.2 Å². The molecule has 7 nitrogen and oxygen atoms in total. The minimum Gasteiger partial charge on any atom is -0.545 e. The molecule has 0 aliphatic rings. The van der Waals surface area contributed by atoms with Gasteiger partial charge in [-0.15, -0.1) is 0 Å². The summed E-state index contributed by atoms with van der Waals surface area (Å²) in [5.74, 6) is -1.07. The summed E-state index contributed by atoms with van der Waals surface area (Å²) in [6.07, 6.45) is 0. The van der Waals surface area contributed by atoms with E-state index in [1.54, 1.807) is 31.2 Å². The van der Waals surface area contributed by atoms with Crippen LogP contribution in [0.4, 0.5) is 5.69 Å². The summed E-state index contributed by atoms with van der Waals surface area (Å²) in [7, 11) is 2.79. The highest BCUT2D eigenvalue weighted by Gasteiger charge is 2.17. The van der Waals surface area contributed by atoms with Crippen LogP contribution in [0.3, 0.4) is 0 Å². The van der Waals surface area contributed by atoms with Crippen molar-refractivity contribution < 1.29 is 28.9 Å². The molecule has 7 heteroatoms. The van der Waals surface area contributed by atoms with E-state index in [0.717, 1.165) is 0 Å². The minimum atomic E-state index is -1.45. The van der Waals surface area contributed by atoms with Gasteiger partial charge in [-0.25, -0.2) is 0 Å². The van der Waals surface area contributed by atoms with E-state index in [4.69, 9.17) is 14.2 Å². The second-order valence-corrected chi connectivity index (χ2v) is 4.92. The predicted molar refractivity (Wildman–Crippen MR) is 89.4 cm³/mol. The molecule has 0 unspecified atom stereocenters. The van der Waals surface area contributed by atoms with E-state index in [2.05, 4.69) is 5.32 Å². The van der Waals surface area contributed by atoms with E-state index >= 15 is 0 Å². The zero-order valence-corrected chi connectivity index (χ0v) is 14.1. The normalized spacial score (nSPS) is 10.0. The summed E-state index contributed by atoms with van der Waals surface area (Å²) in [5, 5.41) is 14.0. The Morgan fingerprint density at radius 1 is 1.00 bits per heavy atom. The van der Waals surface area contributed by atoms with Crippen LogP contribution in [-0.2, 0) is 0 Å². The number of carbonyl (C=O) groups excluding carboxylic acids is 2. The highest BCUT2D eigenvalue weighted by atomic mass is 16.5. The molecule has 1 N–H and O–H groups in total. The third-order valence-electron chi connectivity index (χ3n) is 3.42. The molecular weight excluding hydrogens is 326 g/mol. The molecule has 0 saturated heterocycles. The van der Waals surface area contributed by atoms with Crippen LogP contribution < -0.4 is 24.6 Å². The zero-order chi connectivity index (χ0) is 18.4. The Kier molecular flexibility index (Phi) is 5.84. The van der Waals surface area contributed by atoms with E-state index in [9.17, 15) is 14.7 Å². The number of ether oxygens (including phenoxy) is 3. The number of methoxy groups -OCH3 is 2. The van der Waals surface area contributed by atoms with E-state index in [-0.39, 0.29) is 28.3 Å². The molecular formula is C18H18NO6-. The minimum absolute atomic E-state index is 0.0361. The number of aromatic carboxylic acids is 1. The summed E-state index contributed by atoms with van der Waals surface area (Å²) in [6, 6.07) is 9.27. The van der Waals surface area contributed by atoms with Crippen molar-refractivity contribution in [3.63, 3.8) is 0 Å². The first-order valence-electron chi connectivity index (χ1n) is 7.52. The highest BCUT2D eigenvalue weighted by molar-refractivity contribution is 6.09. The van der Waals surface area contributed by atoms with Gasteiger partial charge in [-0.05, 0) is 25.1 Å². The molecule has 132 valence electrons. The summed E-state index contributed by atoms with van der Waals surface area (Å²) in [4.78, 5) is 24.0. The molecule has 0 atom stereocenters. The van der Waals surface area contributed by atoms with Crippen LogP contribution in [0, 0.1) is 0 Å². The fourth-order valence-electron chi connectivity index (χ4n) is 2.28. The fraction of sp³-hybridized carbons (Fsp3) is 0.222. The third-order valence-corrected chi connectivity index (χ3v) is 3.42. The van der Waals surface area contributed by atoms with Gasteiger partial charge in [0.2, 0.25) is 0 Å². The molecule has 0 bridgehead atoms. The molecule has 0 radical (unpaired) electrons. The maximum Gasteiger partial charge on any atom is 0.259 e. The Balaban J connectivity index is 2.42. The first kappa shape index (κ1) is 18.1. The van der Waals surface area contributed by atoms with Gasteiger partial charge in [0.15, 0.2) is 11.5 Å². The van der Waals surface area contributed by atoms with E-state index in [0.29, 0.717) is 12.4 Å².